The van der Waals surface area contributed by atoms with Crippen molar-refractivity contribution in [3.63, 3.8) is 0 Å². The van der Waals surface area contributed by atoms with Crippen LogP contribution in [0.3, 0.4) is 0 Å². The smallest absolute Gasteiger partial charge is 0.247 e. The summed E-state index contributed by atoms with van der Waals surface area (Å²) in [4.78, 5) is 0. The summed E-state index contributed by atoms with van der Waals surface area (Å²) in [6.45, 7) is 8.57. The van der Waals surface area contributed by atoms with Gasteiger partial charge < -0.3 is 10.9 Å². The van der Waals surface area contributed by atoms with Crippen LogP contribution in [0.4, 0.5) is 0 Å². The number of aromatic nitrogens is 2. The Morgan fingerprint density at radius 2 is 2.07 bits per heavy atom. The van der Waals surface area contributed by atoms with Crippen molar-refractivity contribution >= 4 is 0 Å². The predicted molar refractivity (Wildman–Crippen MR) is 55.8 cm³/mol. The topological polar surface area (TPSA) is 57.9 Å². The van der Waals surface area contributed by atoms with Crippen LogP contribution >= 0.6 is 0 Å². The van der Waals surface area contributed by atoms with Gasteiger partial charge in [-0.2, -0.15) is 0 Å². The lowest BCUT2D eigenvalue weighted by Crippen LogP contribution is -2.28. The maximum atomic E-state index is 11.4. The van der Waals surface area contributed by atoms with Gasteiger partial charge in [0.05, 0.1) is 0 Å². The number of nitrogens with two attached hydrogens (primary N) is 1. The molecule has 14 heavy (non-hydrogen) atoms. The van der Waals surface area contributed by atoms with E-state index in [-0.39, 0.29) is 6.04 Å². The quantitative estimate of drug-likeness (QED) is 0.578. The van der Waals surface area contributed by atoms with Crippen LogP contribution in [0.25, 0.3) is 0 Å². The van der Waals surface area contributed by atoms with E-state index in [1.165, 1.54) is 0 Å². The van der Waals surface area contributed by atoms with E-state index >= 15 is 0 Å². The zero-order valence-electron chi connectivity index (χ0n) is 9.32. The third-order valence-corrected chi connectivity index (χ3v) is 2.84. The van der Waals surface area contributed by atoms with Crippen molar-refractivity contribution in [1.82, 2.24) is 4.57 Å². The lowest BCUT2D eigenvalue weighted by molar-refractivity contribution is -0.611. The van der Waals surface area contributed by atoms with Crippen molar-refractivity contribution in [3.8, 4) is 0 Å². The van der Waals surface area contributed by atoms with Gasteiger partial charge in [0.1, 0.15) is 17.4 Å². The van der Waals surface area contributed by atoms with Gasteiger partial charge in [-0.25, -0.2) is 9.30 Å². The van der Waals surface area contributed by atoms with Crippen molar-refractivity contribution in [1.29, 1.82) is 0 Å². The van der Waals surface area contributed by atoms with Gasteiger partial charge in [0.2, 0.25) is 6.33 Å². The van der Waals surface area contributed by atoms with E-state index in [2.05, 4.69) is 13.8 Å². The molecule has 0 aromatic carbocycles. The van der Waals surface area contributed by atoms with E-state index in [1.807, 2.05) is 18.4 Å². The SMILES string of the molecule is Cc1c(C)[n+]([O-])cn1C(CN)C(C)C. The Hall–Kier alpha value is -1.03. The highest BCUT2D eigenvalue weighted by Gasteiger charge is 2.23. The summed E-state index contributed by atoms with van der Waals surface area (Å²) < 4.78 is 2.88. The molecule has 0 aliphatic rings. The minimum absolute atomic E-state index is 0.212. The maximum absolute atomic E-state index is 11.4. The van der Waals surface area contributed by atoms with Crippen molar-refractivity contribution in [2.75, 3.05) is 6.54 Å². The summed E-state index contributed by atoms with van der Waals surface area (Å²) in [5, 5.41) is 11.4. The molecule has 80 valence electrons. The van der Waals surface area contributed by atoms with Crippen molar-refractivity contribution in [2.45, 2.75) is 33.7 Å². The van der Waals surface area contributed by atoms with E-state index in [0.717, 1.165) is 16.1 Å². The Bertz CT molecular complexity index is 317. The first-order chi connectivity index (χ1) is 6.49. The molecule has 1 aromatic heterocycles. The molecule has 2 N–H and O–H groups in total. The number of hydrogen-bond acceptors (Lipinski definition) is 2. The third-order valence-electron chi connectivity index (χ3n) is 2.84. The molecule has 1 aromatic rings. The van der Waals surface area contributed by atoms with E-state index in [0.29, 0.717) is 12.5 Å². The molecule has 0 aliphatic heterocycles. The molecule has 0 saturated carbocycles. The second kappa shape index (κ2) is 4.00. The Labute approximate surface area is 84.9 Å². The molecule has 4 heteroatoms. The Kier molecular flexibility index (Phi) is 3.16. The van der Waals surface area contributed by atoms with Crippen LogP contribution < -0.4 is 10.5 Å². The van der Waals surface area contributed by atoms with Crippen LogP contribution in [0.5, 0.6) is 0 Å². The van der Waals surface area contributed by atoms with E-state index < -0.39 is 0 Å². The minimum atomic E-state index is 0.212. The predicted octanol–water partition coefficient (Wildman–Crippen LogP) is 0.894. The molecule has 0 spiro atoms. The Morgan fingerprint density at radius 3 is 2.36 bits per heavy atom. The van der Waals surface area contributed by atoms with Gasteiger partial charge in [-0.3, -0.25) is 0 Å². The zero-order chi connectivity index (χ0) is 10.9. The molecule has 0 bridgehead atoms. The lowest BCUT2D eigenvalue weighted by atomic mass is 10.0. The molecule has 1 heterocycles. The second-order valence-electron chi connectivity index (χ2n) is 4.07. The van der Waals surface area contributed by atoms with E-state index in [1.54, 1.807) is 6.33 Å². The maximum Gasteiger partial charge on any atom is 0.247 e. The molecule has 1 atom stereocenters. The first kappa shape index (κ1) is 11.0. The number of nitrogens with zero attached hydrogens (tertiary/aromatic N) is 2. The van der Waals surface area contributed by atoms with Gasteiger partial charge in [-0.15, -0.1) is 0 Å². The van der Waals surface area contributed by atoms with Crippen molar-refractivity contribution < 1.29 is 4.73 Å². The fourth-order valence-electron chi connectivity index (χ4n) is 1.67. The number of imidazole rings is 1. The number of hydrogen-bond donors (Lipinski definition) is 1. The summed E-state index contributed by atoms with van der Waals surface area (Å²) >= 11 is 0. The molecule has 4 nitrogen and oxygen atoms in total. The van der Waals surface area contributed by atoms with Crippen LogP contribution in [-0.4, -0.2) is 11.1 Å². The highest BCUT2D eigenvalue weighted by Crippen LogP contribution is 2.18. The van der Waals surface area contributed by atoms with Gasteiger partial charge in [0.25, 0.3) is 0 Å². The summed E-state index contributed by atoms with van der Waals surface area (Å²) in [5.41, 5.74) is 7.46. The van der Waals surface area contributed by atoms with Gasteiger partial charge in [0, 0.05) is 20.4 Å². The molecule has 0 saturated heterocycles. The normalized spacial score (nSPS) is 13.6. The monoisotopic (exact) mass is 197 g/mol. The van der Waals surface area contributed by atoms with Crippen molar-refractivity contribution in [2.24, 2.45) is 11.7 Å². The van der Waals surface area contributed by atoms with E-state index in [9.17, 15) is 5.21 Å². The first-order valence-corrected chi connectivity index (χ1v) is 4.96. The van der Waals surface area contributed by atoms with Crippen LogP contribution in [0, 0.1) is 25.0 Å². The Morgan fingerprint density at radius 1 is 1.50 bits per heavy atom. The largest absolute Gasteiger partial charge is 0.711 e. The fraction of sp³-hybridized carbons (Fsp3) is 0.700. The summed E-state index contributed by atoms with van der Waals surface area (Å²) in [5.74, 6) is 0.436. The average molecular weight is 197 g/mol. The zero-order valence-corrected chi connectivity index (χ0v) is 9.32. The van der Waals surface area contributed by atoms with Crippen LogP contribution in [-0.2, 0) is 0 Å². The third kappa shape index (κ3) is 1.75. The lowest BCUT2D eigenvalue weighted by Gasteiger charge is -2.16. The standard InChI is InChI=1S/C10H19N3O/c1-7(2)10(5-11)12-6-13(14)9(4)8(12)3/h6-7,10H,5,11H2,1-4H3. The number of rotatable bonds is 3. The van der Waals surface area contributed by atoms with Gasteiger partial charge in [-0.05, 0) is 5.92 Å². The molecule has 0 radical (unpaired) electrons. The average Bonchev–Trinajstić information content (AvgIpc) is 2.35. The van der Waals surface area contributed by atoms with E-state index in [4.69, 9.17) is 5.73 Å². The fourth-order valence-corrected chi connectivity index (χ4v) is 1.67. The van der Waals surface area contributed by atoms with Crippen molar-refractivity contribution in [3.05, 3.63) is 22.9 Å². The molecule has 0 aliphatic carbocycles. The minimum Gasteiger partial charge on any atom is -0.711 e. The summed E-state index contributed by atoms with van der Waals surface area (Å²) in [6, 6.07) is 0.212. The highest BCUT2D eigenvalue weighted by atomic mass is 16.5. The molecule has 0 fully saturated rings. The molecular formula is C10H19N3O. The first-order valence-electron chi connectivity index (χ1n) is 4.96. The van der Waals surface area contributed by atoms with Gasteiger partial charge in [0.15, 0.2) is 0 Å². The van der Waals surface area contributed by atoms with Gasteiger partial charge in [-0.1, -0.05) is 13.8 Å². The highest BCUT2D eigenvalue weighted by molar-refractivity contribution is 5.05. The summed E-state index contributed by atoms with van der Waals surface area (Å²) in [7, 11) is 0. The molecular weight excluding hydrogens is 178 g/mol. The van der Waals surface area contributed by atoms with Gasteiger partial charge >= 0.3 is 0 Å². The van der Waals surface area contributed by atoms with Crippen LogP contribution in [0.15, 0.2) is 6.33 Å². The molecule has 0 amide bonds. The summed E-state index contributed by atoms with van der Waals surface area (Å²) in [6.07, 6.45) is 1.59. The molecule has 1 rings (SSSR count). The molecule has 1 unspecified atom stereocenters. The Balaban J connectivity index is 3.11. The van der Waals surface area contributed by atoms with Crippen LogP contribution in [0.1, 0.15) is 31.3 Å². The van der Waals surface area contributed by atoms with Crippen LogP contribution in [0.2, 0.25) is 0 Å². The second-order valence-corrected chi connectivity index (χ2v) is 4.07.